The van der Waals surface area contributed by atoms with Gasteiger partial charge in [-0.2, -0.15) is 5.26 Å². The lowest BCUT2D eigenvalue weighted by atomic mass is 10.2. The zero-order chi connectivity index (χ0) is 15.4. The fourth-order valence-electron chi connectivity index (χ4n) is 3.00. The average molecular weight is 301 g/mol. The Bertz CT molecular complexity index is 526. The first kappa shape index (κ1) is 15.2. The summed E-state index contributed by atoms with van der Waals surface area (Å²) in [6, 6.07) is 6.32. The van der Waals surface area contributed by atoms with Gasteiger partial charge in [0.1, 0.15) is 24.2 Å². The normalized spacial score (nSPS) is 27.5. The molecule has 2 N–H and O–H groups in total. The van der Waals surface area contributed by atoms with E-state index in [4.69, 9.17) is 10.00 Å². The molecule has 0 bridgehead atoms. The summed E-state index contributed by atoms with van der Waals surface area (Å²) in [7, 11) is 0. The number of ether oxygens (including phenoxy) is 1. The van der Waals surface area contributed by atoms with Gasteiger partial charge in [-0.15, -0.1) is 0 Å². The minimum atomic E-state index is 0.332. The Kier molecular flexibility index (Phi) is 4.88. The van der Waals surface area contributed by atoms with Crippen LogP contribution in [0.2, 0.25) is 0 Å². The van der Waals surface area contributed by atoms with Crippen molar-refractivity contribution in [2.75, 3.05) is 31.5 Å². The number of nitriles is 1. The van der Waals surface area contributed by atoms with Crippen molar-refractivity contribution in [2.45, 2.75) is 38.1 Å². The van der Waals surface area contributed by atoms with Crippen molar-refractivity contribution in [3.8, 4) is 6.07 Å². The van der Waals surface area contributed by atoms with Crippen molar-refractivity contribution in [1.29, 1.82) is 5.26 Å². The highest BCUT2D eigenvalue weighted by molar-refractivity contribution is 5.38. The van der Waals surface area contributed by atoms with Gasteiger partial charge in [-0.3, -0.25) is 4.90 Å². The first-order valence-corrected chi connectivity index (χ1v) is 8.00. The molecule has 0 aliphatic carbocycles. The van der Waals surface area contributed by atoms with E-state index in [0.29, 0.717) is 23.9 Å². The smallest absolute Gasteiger partial charge is 0.139 e. The first-order valence-electron chi connectivity index (χ1n) is 8.00. The zero-order valence-corrected chi connectivity index (χ0v) is 13.0. The summed E-state index contributed by atoms with van der Waals surface area (Å²) >= 11 is 0. The summed E-state index contributed by atoms with van der Waals surface area (Å²) in [5, 5.41) is 15.4. The van der Waals surface area contributed by atoms with Gasteiger partial charge in [-0.1, -0.05) is 0 Å². The monoisotopic (exact) mass is 301 g/mol. The van der Waals surface area contributed by atoms with Crippen LogP contribution in [0.3, 0.4) is 0 Å². The fourth-order valence-corrected chi connectivity index (χ4v) is 3.00. The molecule has 0 saturated carbocycles. The van der Waals surface area contributed by atoms with E-state index in [9.17, 15) is 0 Å². The molecular formula is C16H23N5O. The largest absolute Gasteiger partial charge is 0.369 e. The molecule has 2 fully saturated rings. The molecule has 3 atom stereocenters. The molecule has 0 aromatic carbocycles. The second-order valence-electron chi connectivity index (χ2n) is 5.97. The molecule has 118 valence electrons. The zero-order valence-electron chi connectivity index (χ0n) is 13.0. The topological polar surface area (TPSA) is 76.5 Å². The fraction of sp³-hybridized carbons (Fsp3) is 0.625. The van der Waals surface area contributed by atoms with E-state index in [1.54, 1.807) is 12.3 Å². The predicted molar refractivity (Wildman–Crippen MR) is 84.4 cm³/mol. The minimum Gasteiger partial charge on any atom is -0.369 e. The molecule has 2 saturated heterocycles. The van der Waals surface area contributed by atoms with Crippen LogP contribution in [0.4, 0.5) is 5.82 Å². The molecule has 2 aliphatic rings. The molecule has 1 aromatic rings. The molecule has 6 nitrogen and oxygen atoms in total. The lowest BCUT2D eigenvalue weighted by molar-refractivity contribution is 0.170. The maximum absolute atomic E-state index is 8.71. The van der Waals surface area contributed by atoms with Crippen LogP contribution >= 0.6 is 0 Å². The summed E-state index contributed by atoms with van der Waals surface area (Å²) < 4.78 is 5.76. The van der Waals surface area contributed by atoms with E-state index in [1.165, 1.54) is 19.4 Å². The van der Waals surface area contributed by atoms with E-state index in [2.05, 4.69) is 33.5 Å². The third-order valence-electron chi connectivity index (χ3n) is 4.33. The Balaban J connectivity index is 1.28. The summed E-state index contributed by atoms with van der Waals surface area (Å²) in [4.78, 5) is 6.65. The van der Waals surface area contributed by atoms with Crippen LogP contribution in [0.5, 0.6) is 0 Å². The number of pyridine rings is 1. The van der Waals surface area contributed by atoms with Crippen LogP contribution in [-0.2, 0) is 4.74 Å². The third-order valence-corrected chi connectivity index (χ3v) is 4.33. The van der Waals surface area contributed by atoms with Crippen molar-refractivity contribution in [1.82, 2.24) is 15.2 Å². The lowest BCUT2D eigenvalue weighted by Gasteiger charge is -2.18. The predicted octanol–water partition coefficient (Wildman–Crippen LogP) is 1.16. The maximum Gasteiger partial charge on any atom is 0.139 e. The van der Waals surface area contributed by atoms with Crippen LogP contribution in [-0.4, -0.2) is 54.4 Å². The first-order chi connectivity index (χ1) is 10.8. The number of anilines is 1. The van der Waals surface area contributed by atoms with Gasteiger partial charge in [-0.05, 0) is 31.9 Å². The van der Waals surface area contributed by atoms with Crippen LogP contribution < -0.4 is 10.6 Å². The number of hydrogen-bond acceptors (Lipinski definition) is 6. The number of rotatable bonds is 7. The van der Waals surface area contributed by atoms with Crippen LogP contribution in [0.25, 0.3) is 0 Å². The highest BCUT2D eigenvalue weighted by atomic mass is 16.6. The molecule has 2 unspecified atom stereocenters. The number of likely N-dealkylation sites (tertiary alicyclic amines) is 1. The second-order valence-corrected chi connectivity index (χ2v) is 5.97. The molecule has 2 aliphatic heterocycles. The number of nitrogens with zero attached hydrogens (tertiary/aromatic N) is 3. The summed E-state index contributed by atoms with van der Waals surface area (Å²) in [6.45, 7) is 6.03. The minimum absolute atomic E-state index is 0.332. The Morgan fingerprint density at radius 2 is 2.36 bits per heavy atom. The Morgan fingerprint density at radius 3 is 3.05 bits per heavy atom. The van der Waals surface area contributed by atoms with Crippen molar-refractivity contribution in [3.05, 3.63) is 23.9 Å². The van der Waals surface area contributed by atoms with Gasteiger partial charge in [0.05, 0.1) is 5.56 Å². The van der Waals surface area contributed by atoms with Crippen LogP contribution in [0.1, 0.15) is 25.3 Å². The highest BCUT2D eigenvalue weighted by Gasteiger charge is 2.45. The van der Waals surface area contributed by atoms with E-state index in [-0.39, 0.29) is 0 Å². The van der Waals surface area contributed by atoms with Gasteiger partial charge in [-0.25, -0.2) is 4.98 Å². The summed E-state index contributed by atoms with van der Waals surface area (Å²) in [5.41, 5.74) is 0.580. The van der Waals surface area contributed by atoms with E-state index in [1.807, 2.05) is 6.07 Å². The molecular weight excluding hydrogens is 278 g/mol. The number of epoxide rings is 1. The van der Waals surface area contributed by atoms with Crippen LogP contribution in [0.15, 0.2) is 18.3 Å². The molecule has 3 rings (SSSR count). The standard InChI is InChI=1S/C16H23N5O/c1-12-3-2-8-21(12)16-14(22-16)11-18-6-7-19-15-5-4-13(9-17)10-20-15/h4-5,10,12,14,16,18H,2-3,6-8,11H2,1H3,(H,19,20)/t12-,14?,16?/m1/s1. The van der Waals surface area contributed by atoms with Gasteiger partial charge in [0.25, 0.3) is 0 Å². The Labute approximate surface area is 131 Å². The lowest BCUT2D eigenvalue weighted by Crippen LogP contribution is -2.34. The van der Waals surface area contributed by atoms with E-state index in [0.717, 1.165) is 25.5 Å². The molecule has 6 heteroatoms. The molecule has 0 spiro atoms. The number of aromatic nitrogens is 1. The van der Waals surface area contributed by atoms with Gasteiger partial charge >= 0.3 is 0 Å². The van der Waals surface area contributed by atoms with E-state index < -0.39 is 0 Å². The third kappa shape index (κ3) is 3.74. The Morgan fingerprint density at radius 1 is 1.45 bits per heavy atom. The van der Waals surface area contributed by atoms with Crippen molar-refractivity contribution in [3.63, 3.8) is 0 Å². The molecule has 1 aromatic heterocycles. The second kappa shape index (κ2) is 7.05. The van der Waals surface area contributed by atoms with Gasteiger partial charge < -0.3 is 15.4 Å². The van der Waals surface area contributed by atoms with Gasteiger partial charge in [0.2, 0.25) is 0 Å². The molecule has 22 heavy (non-hydrogen) atoms. The quantitative estimate of drug-likeness (QED) is 0.581. The summed E-state index contributed by atoms with van der Waals surface area (Å²) in [6.07, 6.45) is 4.84. The molecule has 0 radical (unpaired) electrons. The molecule has 0 amide bonds. The number of nitrogens with one attached hydrogen (secondary N) is 2. The van der Waals surface area contributed by atoms with Crippen molar-refractivity contribution in [2.24, 2.45) is 0 Å². The summed E-state index contributed by atoms with van der Waals surface area (Å²) in [5.74, 6) is 0.798. The van der Waals surface area contributed by atoms with Gasteiger partial charge in [0, 0.05) is 38.4 Å². The average Bonchev–Trinajstić information content (AvgIpc) is 3.18. The Hall–Kier alpha value is -1.68. The van der Waals surface area contributed by atoms with Gasteiger partial charge in [0.15, 0.2) is 0 Å². The van der Waals surface area contributed by atoms with E-state index >= 15 is 0 Å². The SMILES string of the molecule is C[C@@H]1CCCN1C1OC1CNCCNc1ccc(C#N)cn1. The number of hydrogen-bond donors (Lipinski definition) is 2. The van der Waals surface area contributed by atoms with Crippen LogP contribution in [0, 0.1) is 11.3 Å². The van der Waals surface area contributed by atoms with Crippen molar-refractivity contribution < 1.29 is 4.74 Å². The maximum atomic E-state index is 8.71. The molecule has 3 heterocycles. The van der Waals surface area contributed by atoms with Crippen molar-refractivity contribution >= 4 is 5.82 Å². The highest BCUT2D eigenvalue weighted by Crippen LogP contribution is 2.31.